The third-order valence-electron chi connectivity index (χ3n) is 4.24. The van der Waals surface area contributed by atoms with Crippen molar-refractivity contribution >= 4 is 11.6 Å². The average Bonchev–Trinajstić information content (AvgIpc) is 2.89. The SMILES string of the molecule is Cc1ccccc1NC(=O)Cn1nc(C(F)(F)F)c2c1CCCC2. The fourth-order valence-corrected chi connectivity index (χ4v) is 3.07. The second kappa shape index (κ2) is 6.30. The van der Waals surface area contributed by atoms with Gasteiger partial charge >= 0.3 is 6.18 Å². The summed E-state index contributed by atoms with van der Waals surface area (Å²) in [5.74, 6) is -0.381. The Hall–Kier alpha value is -2.31. The Labute approximate surface area is 137 Å². The zero-order valence-electron chi connectivity index (χ0n) is 13.3. The molecule has 0 unspecified atom stereocenters. The fourth-order valence-electron chi connectivity index (χ4n) is 3.07. The summed E-state index contributed by atoms with van der Waals surface area (Å²) in [5, 5.41) is 6.43. The van der Waals surface area contributed by atoms with Crippen molar-refractivity contribution in [3.63, 3.8) is 0 Å². The molecule has 0 radical (unpaired) electrons. The van der Waals surface area contributed by atoms with Crippen LogP contribution in [0, 0.1) is 6.92 Å². The summed E-state index contributed by atoms with van der Waals surface area (Å²) in [7, 11) is 0. The first-order chi connectivity index (χ1) is 11.4. The van der Waals surface area contributed by atoms with Crippen LogP contribution in [0.4, 0.5) is 18.9 Å². The molecule has 1 aliphatic carbocycles. The Balaban J connectivity index is 1.84. The molecule has 0 saturated heterocycles. The summed E-state index contributed by atoms with van der Waals surface area (Å²) in [5.41, 5.74) is 1.48. The third kappa shape index (κ3) is 3.29. The highest BCUT2D eigenvalue weighted by molar-refractivity contribution is 5.91. The Bertz CT molecular complexity index is 765. The minimum absolute atomic E-state index is 0.216. The van der Waals surface area contributed by atoms with Crippen molar-refractivity contribution in [3.8, 4) is 0 Å². The highest BCUT2D eigenvalue weighted by atomic mass is 19.4. The van der Waals surface area contributed by atoms with Crippen molar-refractivity contribution in [1.29, 1.82) is 0 Å². The number of hydrogen-bond acceptors (Lipinski definition) is 2. The summed E-state index contributed by atoms with van der Waals surface area (Å²) in [6.07, 6.45) is -2.06. The van der Waals surface area contributed by atoms with Gasteiger partial charge in [-0.15, -0.1) is 0 Å². The molecule has 128 valence electrons. The van der Waals surface area contributed by atoms with E-state index in [0.717, 1.165) is 18.4 Å². The maximum atomic E-state index is 13.1. The first-order valence-electron chi connectivity index (χ1n) is 7.87. The van der Waals surface area contributed by atoms with Crippen LogP contribution in [-0.2, 0) is 30.4 Å². The van der Waals surface area contributed by atoms with E-state index in [1.807, 2.05) is 19.1 Å². The van der Waals surface area contributed by atoms with Crippen molar-refractivity contribution in [2.24, 2.45) is 0 Å². The van der Waals surface area contributed by atoms with Gasteiger partial charge in [-0.3, -0.25) is 9.48 Å². The number of amides is 1. The first kappa shape index (κ1) is 16.5. The van der Waals surface area contributed by atoms with Gasteiger partial charge in [-0.25, -0.2) is 0 Å². The molecule has 24 heavy (non-hydrogen) atoms. The van der Waals surface area contributed by atoms with Gasteiger partial charge in [0.1, 0.15) is 6.54 Å². The molecule has 0 aliphatic heterocycles. The third-order valence-corrected chi connectivity index (χ3v) is 4.24. The van der Waals surface area contributed by atoms with Crippen LogP contribution < -0.4 is 5.32 Å². The Morgan fingerprint density at radius 1 is 1.25 bits per heavy atom. The standard InChI is InChI=1S/C17H18F3N3O/c1-11-6-2-4-8-13(11)21-15(24)10-23-14-9-5-3-7-12(14)16(22-23)17(18,19)20/h2,4,6,8H,3,5,7,9-10H2,1H3,(H,21,24). The number of benzene rings is 1. The highest BCUT2D eigenvalue weighted by Gasteiger charge is 2.39. The number of anilines is 1. The molecule has 4 nitrogen and oxygen atoms in total. The molecule has 0 bridgehead atoms. The van der Waals surface area contributed by atoms with E-state index in [0.29, 0.717) is 24.2 Å². The minimum Gasteiger partial charge on any atom is -0.324 e. The van der Waals surface area contributed by atoms with E-state index in [4.69, 9.17) is 0 Å². The van der Waals surface area contributed by atoms with Gasteiger partial charge in [0.15, 0.2) is 5.69 Å². The molecule has 0 spiro atoms. The molecular formula is C17H18F3N3O. The molecular weight excluding hydrogens is 319 g/mol. The molecule has 0 atom stereocenters. The number of carbonyl (C=O) groups excluding carboxylic acids is 1. The van der Waals surface area contributed by atoms with Gasteiger partial charge < -0.3 is 5.32 Å². The first-order valence-corrected chi connectivity index (χ1v) is 7.87. The number of alkyl halides is 3. The van der Waals surface area contributed by atoms with Crippen LogP contribution in [0.2, 0.25) is 0 Å². The van der Waals surface area contributed by atoms with Gasteiger partial charge in [0.25, 0.3) is 0 Å². The monoisotopic (exact) mass is 337 g/mol. The molecule has 0 saturated carbocycles. The van der Waals surface area contributed by atoms with E-state index in [1.165, 1.54) is 4.68 Å². The number of fused-ring (bicyclic) bond motifs is 1. The van der Waals surface area contributed by atoms with Gasteiger partial charge in [0.2, 0.25) is 5.91 Å². The summed E-state index contributed by atoms with van der Waals surface area (Å²) in [4.78, 5) is 12.2. The van der Waals surface area contributed by atoms with Crippen LogP contribution in [0.3, 0.4) is 0 Å². The van der Waals surface area contributed by atoms with E-state index in [9.17, 15) is 18.0 Å². The molecule has 3 rings (SSSR count). The highest BCUT2D eigenvalue weighted by Crippen LogP contribution is 2.35. The summed E-state index contributed by atoms with van der Waals surface area (Å²) in [6, 6.07) is 7.25. The summed E-state index contributed by atoms with van der Waals surface area (Å²) in [6.45, 7) is 1.64. The lowest BCUT2D eigenvalue weighted by Gasteiger charge is -2.15. The molecule has 1 aromatic heterocycles. The topological polar surface area (TPSA) is 46.9 Å². The van der Waals surface area contributed by atoms with Crippen LogP contribution in [0.5, 0.6) is 0 Å². The number of para-hydroxylation sites is 1. The molecule has 1 aromatic carbocycles. The van der Waals surface area contributed by atoms with Crippen LogP contribution >= 0.6 is 0 Å². The lowest BCUT2D eigenvalue weighted by atomic mass is 9.95. The van der Waals surface area contributed by atoms with E-state index < -0.39 is 11.9 Å². The van der Waals surface area contributed by atoms with Crippen LogP contribution in [0.1, 0.15) is 35.4 Å². The Morgan fingerprint density at radius 3 is 2.67 bits per heavy atom. The van der Waals surface area contributed by atoms with Crippen molar-refractivity contribution in [3.05, 3.63) is 46.8 Å². The maximum Gasteiger partial charge on any atom is 0.435 e. The Kier molecular flexibility index (Phi) is 4.34. The normalized spacial score (nSPS) is 14.3. The lowest BCUT2D eigenvalue weighted by molar-refractivity contribution is -0.142. The van der Waals surface area contributed by atoms with Gasteiger partial charge in [-0.1, -0.05) is 18.2 Å². The maximum absolute atomic E-state index is 13.1. The molecule has 0 fully saturated rings. The number of hydrogen-bond donors (Lipinski definition) is 1. The van der Waals surface area contributed by atoms with Crippen LogP contribution in [0.15, 0.2) is 24.3 Å². The van der Waals surface area contributed by atoms with Gasteiger partial charge in [0, 0.05) is 16.9 Å². The van der Waals surface area contributed by atoms with E-state index in [-0.39, 0.29) is 18.0 Å². The number of aromatic nitrogens is 2. The van der Waals surface area contributed by atoms with Crippen molar-refractivity contribution < 1.29 is 18.0 Å². The largest absolute Gasteiger partial charge is 0.435 e. The molecule has 7 heteroatoms. The average molecular weight is 337 g/mol. The van der Waals surface area contributed by atoms with Gasteiger partial charge in [0.05, 0.1) is 0 Å². The second-order valence-electron chi connectivity index (χ2n) is 6.00. The fraction of sp³-hybridized carbons (Fsp3) is 0.412. The van der Waals surface area contributed by atoms with E-state index >= 15 is 0 Å². The number of rotatable bonds is 3. The molecule has 1 N–H and O–H groups in total. The van der Waals surface area contributed by atoms with E-state index in [2.05, 4.69) is 10.4 Å². The number of halogens is 3. The lowest BCUT2D eigenvalue weighted by Crippen LogP contribution is -2.22. The molecule has 1 heterocycles. The molecule has 2 aromatic rings. The quantitative estimate of drug-likeness (QED) is 0.928. The van der Waals surface area contributed by atoms with Crippen molar-refractivity contribution in [1.82, 2.24) is 9.78 Å². The second-order valence-corrected chi connectivity index (χ2v) is 6.00. The predicted octanol–water partition coefficient (Wildman–Crippen LogP) is 3.73. The number of aryl methyl sites for hydroxylation is 1. The summed E-state index contributed by atoms with van der Waals surface area (Å²) >= 11 is 0. The van der Waals surface area contributed by atoms with Crippen LogP contribution in [0.25, 0.3) is 0 Å². The van der Waals surface area contributed by atoms with E-state index in [1.54, 1.807) is 12.1 Å². The number of carbonyl (C=O) groups is 1. The van der Waals surface area contributed by atoms with Gasteiger partial charge in [-0.2, -0.15) is 18.3 Å². The predicted molar refractivity (Wildman–Crippen MR) is 83.7 cm³/mol. The molecule has 1 amide bonds. The smallest absolute Gasteiger partial charge is 0.324 e. The van der Waals surface area contributed by atoms with Crippen LogP contribution in [-0.4, -0.2) is 15.7 Å². The van der Waals surface area contributed by atoms with Crippen molar-refractivity contribution in [2.45, 2.75) is 45.3 Å². The van der Waals surface area contributed by atoms with Crippen molar-refractivity contribution in [2.75, 3.05) is 5.32 Å². The number of nitrogens with zero attached hydrogens (tertiary/aromatic N) is 2. The molecule has 1 aliphatic rings. The number of nitrogens with one attached hydrogen (secondary N) is 1. The van der Waals surface area contributed by atoms with Gasteiger partial charge in [-0.05, 0) is 44.2 Å². The Morgan fingerprint density at radius 2 is 1.96 bits per heavy atom. The zero-order valence-corrected chi connectivity index (χ0v) is 13.3. The zero-order chi connectivity index (χ0) is 17.3. The summed E-state index contributed by atoms with van der Waals surface area (Å²) < 4.78 is 40.7. The minimum atomic E-state index is -4.49.